The number of nitrogens with zero attached hydrogens (tertiary/aromatic N) is 3. The first-order valence-corrected chi connectivity index (χ1v) is 10.6. The molecule has 1 aliphatic rings. The molecule has 0 bridgehead atoms. The maximum atomic E-state index is 13.1. The lowest BCUT2D eigenvalue weighted by Crippen LogP contribution is -2.15. The third-order valence-corrected chi connectivity index (χ3v) is 5.81. The molecule has 2 aromatic carbocycles. The number of carbonyl (C=O) groups excluding carboxylic acids is 1. The predicted octanol–water partition coefficient (Wildman–Crippen LogP) is 4.13. The number of aromatic amines is 1. The third kappa shape index (κ3) is 3.89. The fraction of sp³-hybridized carbons (Fsp3) is 0.200. The van der Waals surface area contributed by atoms with E-state index in [9.17, 15) is 9.18 Å². The van der Waals surface area contributed by atoms with Crippen LogP contribution < -0.4 is 10.5 Å². The van der Waals surface area contributed by atoms with Gasteiger partial charge in [-0.1, -0.05) is 5.92 Å². The topological polar surface area (TPSA) is 88.7 Å². The molecule has 0 radical (unpaired) electrons. The number of ether oxygens (including phenoxy) is 1. The van der Waals surface area contributed by atoms with Crippen LogP contribution in [-0.4, -0.2) is 38.5 Å². The number of nitrogens with one attached hydrogen (secondary N) is 1. The maximum Gasteiger partial charge on any atom is 0.269 e. The Bertz CT molecular complexity index is 1380. The fourth-order valence-corrected chi connectivity index (χ4v) is 4.28. The third-order valence-electron chi connectivity index (χ3n) is 5.81. The Hall–Kier alpha value is -4.25. The summed E-state index contributed by atoms with van der Waals surface area (Å²) in [5, 5.41) is 4.46. The van der Waals surface area contributed by atoms with Gasteiger partial charge in [-0.05, 0) is 61.9 Å². The van der Waals surface area contributed by atoms with Crippen LogP contribution >= 0.6 is 0 Å². The summed E-state index contributed by atoms with van der Waals surface area (Å²) in [6.45, 7) is 3.55. The van der Waals surface area contributed by atoms with Crippen molar-refractivity contribution < 1.29 is 13.9 Å². The molecule has 33 heavy (non-hydrogen) atoms. The van der Waals surface area contributed by atoms with Crippen molar-refractivity contribution in [3.8, 4) is 34.7 Å². The Balaban J connectivity index is 1.46. The minimum atomic E-state index is -0.567. The Labute approximate surface area is 190 Å². The first-order chi connectivity index (χ1) is 16.0. The molecule has 8 heteroatoms. The van der Waals surface area contributed by atoms with Gasteiger partial charge < -0.3 is 20.4 Å². The molecule has 0 aliphatic carbocycles. The molecule has 1 amide bonds. The number of amides is 1. The summed E-state index contributed by atoms with van der Waals surface area (Å²) in [4.78, 5) is 17.8. The number of hydrogen-bond acceptors (Lipinski definition) is 4. The van der Waals surface area contributed by atoms with Gasteiger partial charge in [0.05, 0.1) is 11.9 Å². The van der Waals surface area contributed by atoms with Crippen LogP contribution in [0.5, 0.6) is 11.5 Å². The van der Waals surface area contributed by atoms with Gasteiger partial charge in [-0.3, -0.25) is 4.79 Å². The van der Waals surface area contributed by atoms with Crippen LogP contribution in [-0.2, 0) is 0 Å². The van der Waals surface area contributed by atoms with E-state index in [1.807, 2.05) is 19.1 Å². The van der Waals surface area contributed by atoms with Gasteiger partial charge in [0.25, 0.3) is 5.91 Å². The molecule has 2 aromatic heterocycles. The van der Waals surface area contributed by atoms with E-state index in [1.165, 1.54) is 12.1 Å². The number of nitrogens with two attached hydrogens (primary N) is 1. The smallest absolute Gasteiger partial charge is 0.269 e. The summed E-state index contributed by atoms with van der Waals surface area (Å²) < 4.78 is 20.4. The highest BCUT2D eigenvalue weighted by Gasteiger charge is 2.28. The van der Waals surface area contributed by atoms with Crippen LogP contribution in [0.1, 0.15) is 35.3 Å². The Morgan fingerprint density at radius 3 is 2.55 bits per heavy atom. The highest BCUT2D eigenvalue weighted by molar-refractivity contribution is 5.98. The summed E-state index contributed by atoms with van der Waals surface area (Å²) in [6.07, 6.45) is 2.76. The zero-order valence-corrected chi connectivity index (χ0v) is 18.0. The standard InChI is InChI=1S/C25H22FN5O2/c1-2-12-30-13-11-17(15-30)21-14-28-31-23(24(27)32)22(29-25(21)31)16-3-7-19(8-4-16)33-20-9-5-18(26)6-10-20/h3-10,14,17,29H,11,13,15H2,1H3,(H2,27,32). The number of fused-ring (bicyclic) bond motifs is 1. The van der Waals surface area contributed by atoms with E-state index < -0.39 is 5.91 Å². The summed E-state index contributed by atoms with van der Waals surface area (Å²) >= 11 is 0. The summed E-state index contributed by atoms with van der Waals surface area (Å²) in [5.74, 6) is 3.44. The van der Waals surface area contributed by atoms with E-state index in [1.54, 1.807) is 35.0 Å². The molecule has 7 nitrogen and oxygen atoms in total. The van der Waals surface area contributed by atoms with Gasteiger partial charge in [-0.15, -0.1) is 0 Å². The zero-order valence-electron chi connectivity index (χ0n) is 18.0. The lowest BCUT2D eigenvalue weighted by molar-refractivity contribution is 0.0994. The number of likely N-dealkylation sites (tertiary alicyclic amines) is 1. The largest absolute Gasteiger partial charge is 0.457 e. The molecule has 3 heterocycles. The van der Waals surface area contributed by atoms with Crippen molar-refractivity contribution in [1.82, 2.24) is 19.5 Å². The Kier molecular flexibility index (Phi) is 5.23. The number of halogens is 1. The van der Waals surface area contributed by atoms with E-state index in [4.69, 9.17) is 10.5 Å². The lowest BCUT2D eigenvalue weighted by Gasteiger charge is -2.09. The van der Waals surface area contributed by atoms with Gasteiger partial charge in [0, 0.05) is 36.2 Å². The van der Waals surface area contributed by atoms with E-state index in [-0.39, 0.29) is 11.7 Å². The molecule has 1 saturated heterocycles. The van der Waals surface area contributed by atoms with Crippen molar-refractivity contribution >= 4 is 11.6 Å². The molecular formula is C25H22FN5O2. The maximum absolute atomic E-state index is 13.1. The summed E-state index contributed by atoms with van der Waals surface area (Å²) in [7, 11) is 0. The number of H-pyrrole nitrogens is 1. The van der Waals surface area contributed by atoms with Gasteiger partial charge in [-0.25, -0.2) is 8.91 Å². The molecule has 0 saturated carbocycles. The molecule has 4 aromatic rings. The minimum Gasteiger partial charge on any atom is -0.457 e. The van der Waals surface area contributed by atoms with Crippen molar-refractivity contribution in [1.29, 1.82) is 0 Å². The first-order valence-electron chi connectivity index (χ1n) is 10.6. The SMILES string of the molecule is CC#CN1CCC(c2cnn3c(C(N)=O)c(-c4ccc(Oc5ccc(F)cc5)cc4)[nH]c23)C1. The van der Waals surface area contributed by atoms with E-state index in [0.29, 0.717) is 22.9 Å². The highest BCUT2D eigenvalue weighted by atomic mass is 19.1. The molecular weight excluding hydrogens is 421 g/mol. The molecule has 1 unspecified atom stereocenters. The summed E-state index contributed by atoms with van der Waals surface area (Å²) in [6, 6.07) is 16.2. The van der Waals surface area contributed by atoms with Crippen LogP contribution in [0.25, 0.3) is 16.9 Å². The molecule has 166 valence electrons. The van der Waals surface area contributed by atoms with Gasteiger partial charge in [0.15, 0.2) is 5.69 Å². The van der Waals surface area contributed by atoms with Crippen molar-refractivity contribution in [2.75, 3.05) is 13.1 Å². The van der Waals surface area contributed by atoms with E-state index in [0.717, 1.165) is 36.3 Å². The number of benzene rings is 2. The van der Waals surface area contributed by atoms with Gasteiger partial charge >= 0.3 is 0 Å². The van der Waals surface area contributed by atoms with Crippen LogP contribution in [0.3, 0.4) is 0 Å². The normalized spacial score (nSPS) is 15.5. The van der Waals surface area contributed by atoms with Crippen molar-refractivity contribution in [3.63, 3.8) is 0 Å². The average Bonchev–Trinajstić information content (AvgIpc) is 3.51. The van der Waals surface area contributed by atoms with E-state index >= 15 is 0 Å². The number of primary amides is 1. The number of hydrogen-bond donors (Lipinski definition) is 2. The van der Waals surface area contributed by atoms with Crippen LogP contribution in [0.2, 0.25) is 0 Å². The van der Waals surface area contributed by atoms with Crippen LogP contribution in [0, 0.1) is 17.8 Å². The average molecular weight is 443 g/mol. The van der Waals surface area contributed by atoms with Gasteiger partial charge in [0.1, 0.15) is 23.0 Å². The van der Waals surface area contributed by atoms with Crippen LogP contribution in [0.4, 0.5) is 4.39 Å². The van der Waals surface area contributed by atoms with Crippen LogP contribution in [0.15, 0.2) is 54.7 Å². The Morgan fingerprint density at radius 1 is 1.18 bits per heavy atom. The number of carbonyl (C=O) groups is 1. The number of aromatic nitrogens is 3. The second-order valence-corrected chi connectivity index (χ2v) is 7.95. The quantitative estimate of drug-likeness (QED) is 0.454. The first kappa shape index (κ1) is 20.6. The highest BCUT2D eigenvalue weighted by Crippen LogP contribution is 2.33. The number of imidazole rings is 1. The van der Waals surface area contributed by atoms with Crippen molar-refractivity contribution in [2.24, 2.45) is 5.73 Å². The Morgan fingerprint density at radius 2 is 1.88 bits per heavy atom. The summed E-state index contributed by atoms with van der Waals surface area (Å²) in [5.41, 5.74) is 9.21. The molecule has 5 rings (SSSR count). The van der Waals surface area contributed by atoms with Gasteiger partial charge in [-0.2, -0.15) is 5.10 Å². The second kappa shape index (κ2) is 8.36. The fourth-order valence-electron chi connectivity index (χ4n) is 4.28. The van der Waals surface area contributed by atoms with Gasteiger partial charge in [0.2, 0.25) is 0 Å². The predicted molar refractivity (Wildman–Crippen MR) is 122 cm³/mol. The zero-order chi connectivity index (χ0) is 22.9. The lowest BCUT2D eigenvalue weighted by atomic mass is 10.0. The molecule has 0 spiro atoms. The molecule has 1 aliphatic heterocycles. The molecule has 3 N–H and O–H groups in total. The second-order valence-electron chi connectivity index (χ2n) is 7.95. The molecule has 1 atom stereocenters. The van der Waals surface area contributed by atoms with E-state index in [2.05, 4.69) is 26.9 Å². The van der Waals surface area contributed by atoms with Crippen molar-refractivity contribution in [3.05, 3.63) is 71.8 Å². The monoisotopic (exact) mass is 443 g/mol. The minimum absolute atomic E-state index is 0.266. The number of rotatable bonds is 5. The van der Waals surface area contributed by atoms with Crippen molar-refractivity contribution in [2.45, 2.75) is 19.3 Å². The molecule has 1 fully saturated rings.